The SMILES string of the molecule is O=C(OCC(F)(F)S(=O)(=O)O)C1C2CC3CC(C2)C(=O)[C@H]1C3. The van der Waals surface area contributed by atoms with Crippen molar-refractivity contribution in [3.05, 3.63) is 0 Å². The Labute approximate surface area is 125 Å². The third-order valence-corrected chi connectivity index (χ3v) is 6.04. The van der Waals surface area contributed by atoms with Crippen LogP contribution in [0.2, 0.25) is 0 Å². The maximum atomic E-state index is 13.1. The number of alkyl halides is 2. The third-order valence-electron chi connectivity index (χ3n) is 5.17. The molecule has 4 unspecified atom stereocenters. The molecule has 0 heterocycles. The molecular formula is C13H16F2O6S. The van der Waals surface area contributed by atoms with Gasteiger partial charge in [-0.15, -0.1) is 0 Å². The summed E-state index contributed by atoms with van der Waals surface area (Å²) in [4.78, 5) is 24.2. The van der Waals surface area contributed by atoms with Crippen molar-refractivity contribution in [2.24, 2.45) is 29.6 Å². The van der Waals surface area contributed by atoms with E-state index in [1.54, 1.807) is 0 Å². The minimum atomic E-state index is -5.64. The van der Waals surface area contributed by atoms with E-state index < -0.39 is 39.8 Å². The lowest BCUT2D eigenvalue weighted by Crippen LogP contribution is -2.54. The van der Waals surface area contributed by atoms with Gasteiger partial charge in [0.1, 0.15) is 5.78 Å². The van der Waals surface area contributed by atoms with Crippen molar-refractivity contribution in [2.45, 2.75) is 30.9 Å². The molecule has 4 rings (SSSR count). The van der Waals surface area contributed by atoms with E-state index in [9.17, 15) is 26.8 Å². The number of ether oxygens (including phenoxy) is 1. The van der Waals surface area contributed by atoms with Gasteiger partial charge in [0.15, 0.2) is 6.61 Å². The molecule has 0 aromatic rings. The van der Waals surface area contributed by atoms with Gasteiger partial charge in [0, 0.05) is 11.8 Å². The van der Waals surface area contributed by atoms with E-state index in [0.29, 0.717) is 18.8 Å². The van der Waals surface area contributed by atoms with E-state index in [2.05, 4.69) is 4.74 Å². The van der Waals surface area contributed by atoms with Gasteiger partial charge in [-0.25, -0.2) is 0 Å². The molecule has 4 bridgehead atoms. The number of halogens is 2. The third kappa shape index (κ3) is 2.44. The summed E-state index contributed by atoms with van der Waals surface area (Å²) in [7, 11) is -5.64. The Bertz CT molecular complexity index is 616. The van der Waals surface area contributed by atoms with E-state index in [-0.39, 0.29) is 17.6 Å². The normalized spacial score (nSPS) is 37.4. The van der Waals surface area contributed by atoms with E-state index in [0.717, 1.165) is 12.8 Å². The zero-order valence-corrected chi connectivity index (χ0v) is 12.4. The summed E-state index contributed by atoms with van der Waals surface area (Å²) in [6, 6.07) is 0. The van der Waals surface area contributed by atoms with Crippen molar-refractivity contribution in [3.8, 4) is 0 Å². The van der Waals surface area contributed by atoms with Crippen LogP contribution in [0, 0.1) is 29.6 Å². The second kappa shape index (κ2) is 4.95. The van der Waals surface area contributed by atoms with Crippen molar-refractivity contribution in [1.29, 1.82) is 0 Å². The van der Waals surface area contributed by atoms with Gasteiger partial charge in [0.2, 0.25) is 0 Å². The lowest BCUT2D eigenvalue weighted by Gasteiger charge is -2.51. The molecule has 4 fully saturated rings. The van der Waals surface area contributed by atoms with Crippen molar-refractivity contribution in [3.63, 3.8) is 0 Å². The van der Waals surface area contributed by atoms with Gasteiger partial charge < -0.3 is 4.74 Å². The number of esters is 1. The van der Waals surface area contributed by atoms with Crippen LogP contribution in [0.25, 0.3) is 0 Å². The highest BCUT2D eigenvalue weighted by Crippen LogP contribution is 2.55. The van der Waals surface area contributed by atoms with E-state index >= 15 is 0 Å². The van der Waals surface area contributed by atoms with Crippen LogP contribution in [0.3, 0.4) is 0 Å². The smallest absolute Gasteiger partial charge is 0.402 e. The fourth-order valence-electron chi connectivity index (χ4n) is 4.32. The Kier molecular flexibility index (Phi) is 3.56. The monoisotopic (exact) mass is 338 g/mol. The number of ketones is 1. The first-order valence-electron chi connectivity index (χ1n) is 7.15. The number of hydrogen-bond acceptors (Lipinski definition) is 5. The fraction of sp³-hybridized carbons (Fsp3) is 0.846. The Morgan fingerprint density at radius 2 is 1.95 bits per heavy atom. The molecule has 0 aliphatic heterocycles. The lowest BCUT2D eigenvalue weighted by atomic mass is 9.51. The number of carbonyl (C=O) groups excluding carboxylic acids is 2. The van der Waals surface area contributed by atoms with Crippen LogP contribution in [0.15, 0.2) is 0 Å². The minimum absolute atomic E-state index is 0.00399. The van der Waals surface area contributed by atoms with Crippen LogP contribution in [0.5, 0.6) is 0 Å². The molecule has 0 radical (unpaired) electrons. The van der Waals surface area contributed by atoms with Crippen LogP contribution in [-0.2, 0) is 24.4 Å². The van der Waals surface area contributed by atoms with Gasteiger partial charge in [-0.05, 0) is 37.5 Å². The van der Waals surface area contributed by atoms with Gasteiger partial charge in [0.05, 0.1) is 5.92 Å². The topological polar surface area (TPSA) is 97.7 Å². The molecule has 4 aliphatic carbocycles. The molecule has 6 nitrogen and oxygen atoms in total. The van der Waals surface area contributed by atoms with Crippen LogP contribution in [-0.4, -0.2) is 36.6 Å². The second-order valence-corrected chi connectivity index (χ2v) is 8.07. The molecule has 0 saturated heterocycles. The first kappa shape index (κ1) is 15.8. The van der Waals surface area contributed by atoms with Gasteiger partial charge in [-0.3, -0.25) is 14.1 Å². The van der Waals surface area contributed by atoms with Crippen LogP contribution in [0.4, 0.5) is 8.78 Å². The zero-order chi connectivity index (χ0) is 16.3. The quantitative estimate of drug-likeness (QED) is 0.612. The van der Waals surface area contributed by atoms with E-state index in [1.807, 2.05) is 0 Å². The van der Waals surface area contributed by atoms with Crippen molar-refractivity contribution in [1.82, 2.24) is 0 Å². The average Bonchev–Trinajstić information content (AvgIpc) is 2.40. The predicted octanol–water partition coefficient (Wildman–Crippen LogP) is 1.26. The largest absolute Gasteiger partial charge is 0.458 e. The predicted molar refractivity (Wildman–Crippen MR) is 68.4 cm³/mol. The van der Waals surface area contributed by atoms with Crippen LogP contribution < -0.4 is 0 Å². The number of Topliss-reactive ketones (excluding diaryl/α,β-unsaturated/α-hetero) is 1. The molecule has 0 aromatic heterocycles. The molecule has 1 N–H and O–H groups in total. The average molecular weight is 338 g/mol. The van der Waals surface area contributed by atoms with Crippen LogP contribution >= 0.6 is 0 Å². The number of rotatable bonds is 4. The molecular weight excluding hydrogens is 322 g/mol. The Balaban J connectivity index is 1.70. The molecule has 9 heteroatoms. The lowest BCUT2D eigenvalue weighted by molar-refractivity contribution is -0.172. The first-order chi connectivity index (χ1) is 10.1. The summed E-state index contributed by atoms with van der Waals surface area (Å²) >= 11 is 0. The molecule has 4 aliphatic rings. The Hall–Kier alpha value is -1.09. The molecule has 0 amide bonds. The van der Waals surface area contributed by atoms with Crippen LogP contribution in [0.1, 0.15) is 25.7 Å². The second-order valence-electron chi connectivity index (χ2n) is 6.52. The minimum Gasteiger partial charge on any atom is -0.458 e. The molecule has 5 atom stereocenters. The number of hydrogen-bond donors (Lipinski definition) is 1. The van der Waals surface area contributed by atoms with Gasteiger partial charge in [-0.2, -0.15) is 17.2 Å². The standard InChI is InChI=1S/C13H16F2O6S/c14-13(15,22(18,19)20)5-21-12(17)10-7-1-6-2-8(4-7)11(16)9(10)3-6/h6-10H,1-5H2,(H,18,19,20)/t6?,7?,8?,9-,10?/m0/s1. The maximum absolute atomic E-state index is 13.1. The Morgan fingerprint density at radius 1 is 1.27 bits per heavy atom. The molecule has 0 spiro atoms. The van der Waals surface area contributed by atoms with Crippen molar-refractivity contribution in [2.75, 3.05) is 6.61 Å². The fourth-order valence-corrected chi connectivity index (χ4v) is 4.52. The first-order valence-corrected chi connectivity index (χ1v) is 8.59. The molecule has 124 valence electrons. The summed E-state index contributed by atoms with van der Waals surface area (Å²) in [5, 5.41) is -4.54. The van der Waals surface area contributed by atoms with E-state index in [4.69, 9.17) is 4.55 Å². The van der Waals surface area contributed by atoms with Gasteiger partial charge >= 0.3 is 21.3 Å². The van der Waals surface area contributed by atoms with Gasteiger partial charge in [0.25, 0.3) is 0 Å². The number of carbonyl (C=O) groups is 2. The van der Waals surface area contributed by atoms with Crippen molar-refractivity contribution >= 4 is 21.9 Å². The highest BCUT2D eigenvalue weighted by molar-refractivity contribution is 7.86. The molecule has 22 heavy (non-hydrogen) atoms. The van der Waals surface area contributed by atoms with Crippen molar-refractivity contribution < 1.29 is 36.1 Å². The summed E-state index contributed by atoms with van der Waals surface area (Å²) in [6.07, 6.45) is 2.75. The summed E-state index contributed by atoms with van der Waals surface area (Å²) in [5.41, 5.74) is 0. The summed E-state index contributed by atoms with van der Waals surface area (Å²) < 4.78 is 60.0. The molecule has 4 saturated carbocycles. The Morgan fingerprint density at radius 3 is 2.59 bits per heavy atom. The summed E-state index contributed by atoms with van der Waals surface area (Å²) in [5.74, 6) is -1.94. The summed E-state index contributed by atoms with van der Waals surface area (Å²) in [6.45, 7) is -1.73. The highest BCUT2D eigenvalue weighted by Gasteiger charge is 2.56. The zero-order valence-electron chi connectivity index (χ0n) is 11.6. The highest BCUT2D eigenvalue weighted by atomic mass is 32.2. The van der Waals surface area contributed by atoms with E-state index in [1.165, 1.54) is 0 Å². The molecule has 0 aromatic carbocycles. The van der Waals surface area contributed by atoms with Gasteiger partial charge in [-0.1, -0.05) is 0 Å². The maximum Gasteiger partial charge on any atom is 0.402 e.